The molecule has 0 fully saturated rings. The Kier molecular flexibility index (Phi) is 7.51. The lowest BCUT2D eigenvalue weighted by Gasteiger charge is -2.09. The number of rotatable bonds is 8. The fraction of sp³-hybridized carbons (Fsp3) is 0.192. The van der Waals surface area contributed by atoms with E-state index in [2.05, 4.69) is 4.99 Å². The minimum absolute atomic E-state index is 0.357. The molecule has 0 bridgehead atoms. The van der Waals surface area contributed by atoms with Gasteiger partial charge in [-0.1, -0.05) is 41.7 Å². The Morgan fingerprint density at radius 1 is 1.00 bits per heavy atom. The molecule has 34 heavy (non-hydrogen) atoms. The number of esters is 1. The number of amides is 1. The van der Waals surface area contributed by atoms with E-state index in [4.69, 9.17) is 14.2 Å². The molecule has 4 aromatic rings. The van der Waals surface area contributed by atoms with E-state index in [0.717, 1.165) is 10.2 Å². The molecule has 0 N–H and O–H groups in total. The SMILES string of the molecule is CCOCCn1c(=NC(=O)c2ccccc2Oc2ccccc2)sc2cc(C(=O)OC)ccc21. The monoisotopic (exact) mass is 476 g/mol. The third kappa shape index (κ3) is 5.24. The van der Waals surface area contributed by atoms with Crippen molar-refractivity contribution in [2.24, 2.45) is 4.99 Å². The molecule has 0 aliphatic carbocycles. The molecule has 3 aromatic carbocycles. The minimum Gasteiger partial charge on any atom is -0.465 e. The topological polar surface area (TPSA) is 79.1 Å². The van der Waals surface area contributed by atoms with Crippen LogP contribution >= 0.6 is 11.3 Å². The van der Waals surface area contributed by atoms with Crippen LogP contribution in [0.15, 0.2) is 77.8 Å². The predicted molar refractivity (Wildman–Crippen MR) is 130 cm³/mol. The van der Waals surface area contributed by atoms with Gasteiger partial charge in [0.2, 0.25) is 0 Å². The van der Waals surface area contributed by atoms with Crippen molar-refractivity contribution in [2.75, 3.05) is 20.3 Å². The summed E-state index contributed by atoms with van der Waals surface area (Å²) in [4.78, 5) is 30.2. The number of hydrogen-bond acceptors (Lipinski definition) is 6. The number of benzene rings is 3. The second-order valence-electron chi connectivity index (χ2n) is 7.24. The summed E-state index contributed by atoms with van der Waals surface area (Å²) >= 11 is 1.33. The first-order valence-corrected chi connectivity index (χ1v) is 11.6. The molecule has 1 heterocycles. The van der Waals surface area contributed by atoms with E-state index in [-0.39, 0.29) is 0 Å². The van der Waals surface area contributed by atoms with Crippen LogP contribution in [-0.2, 0) is 16.0 Å². The highest BCUT2D eigenvalue weighted by Gasteiger charge is 2.15. The van der Waals surface area contributed by atoms with Crippen molar-refractivity contribution in [2.45, 2.75) is 13.5 Å². The van der Waals surface area contributed by atoms with Gasteiger partial charge in [-0.3, -0.25) is 4.79 Å². The summed E-state index contributed by atoms with van der Waals surface area (Å²) < 4.78 is 19.0. The number of fused-ring (bicyclic) bond motifs is 1. The average Bonchev–Trinajstić information content (AvgIpc) is 3.20. The highest BCUT2D eigenvalue weighted by atomic mass is 32.1. The predicted octanol–water partition coefficient (Wildman–Crippen LogP) is 5.06. The van der Waals surface area contributed by atoms with Gasteiger partial charge >= 0.3 is 5.97 Å². The Bertz CT molecular complexity index is 1370. The molecular formula is C26H24N2O5S. The Morgan fingerprint density at radius 3 is 2.53 bits per heavy atom. The largest absolute Gasteiger partial charge is 0.465 e. The number of carbonyl (C=O) groups excluding carboxylic acids is 2. The number of nitrogens with zero attached hydrogens (tertiary/aromatic N) is 2. The third-order valence-electron chi connectivity index (χ3n) is 5.05. The second kappa shape index (κ2) is 10.9. The van der Waals surface area contributed by atoms with E-state index in [1.165, 1.54) is 18.4 Å². The zero-order chi connectivity index (χ0) is 23.9. The van der Waals surface area contributed by atoms with Crippen LogP contribution in [0.1, 0.15) is 27.6 Å². The minimum atomic E-state index is -0.420. The molecule has 0 unspecified atom stereocenters. The molecule has 7 nitrogen and oxygen atoms in total. The molecule has 0 radical (unpaired) electrons. The van der Waals surface area contributed by atoms with Gasteiger partial charge in [0.05, 0.1) is 35.1 Å². The van der Waals surface area contributed by atoms with Gasteiger partial charge in [0, 0.05) is 13.2 Å². The molecule has 1 aromatic heterocycles. The smallest absolute Gasteiger partial charge is 0.337 e. The number of ether oxygens (including phenoxy) is 3. The summed E-state index contributed by atoms with van der Waals surface area (Å²) in [6.45, 7) is 3.50. The molecule has 0 saturated carbocycles. The number of aromatic nitrogens is 1. The highest BCUT2D eigenvalue weighted by Crippen LogP contribution is 2.26. The number of methoxy groups -OCH3 is 1. The van der Waals surface area contributed by atoms with E-state index in [1.54, 1.807) is 30.3 Å². The van der Waals surface area contributed by atoms with Crippen molar-refractivity contribution in [1.82, 2.24) is 4.57 Å². The lowest BCUT2D eigenvalue weighted by atomic mass is 10.2. The van der Waals surface area contributed by atoms with Gasteiger partial charge in [-0.05, 0) is 49.4 Å². The van der Waals surface area contributed by atoms with E-state index < -0.39 is 11.9 Å². The molecule has 0 aliphatic rings. The van der Waals surface area contributed by atoms with Crippen LogP contribution < -0.4 is 9.54 Å². The molecule has 0 saturated heterocycles. The van der Waals surface area contributed by atoms with Crippen molar-refractivity contribution >= 4 is 33.4 Å². The quantitative estimate of drug-likeness (QED) is 0.262. The maximum Gasteiger partial charge on any atom is 0.337 e. The summed E-state index contributed by atoms with van der Waals surface area (Å²) in [6, 6.07) is 21.6. The van der Waals surface area contributed by atoms with E-state index in [1.807, 2.05) is 54.0 Å². The van der Waals surface area contributed by atoms with Gasteiger partial charge in [0.25, 0.3) is 5.91 Å². The average molecular weight is 477 g/mol. The molecule has 8 heteroatoms. The maximum atomic E-state index is 13.2. The van der Waals surface area contributed by atoms with Gasteiger partial charge < -0.3 is 18.8 Å². The fourth-order valence-electron chi connectivity index (χ4n) is 3.41. The number of hydrogen-bond donors (Lipinski definition) is 0. The van der Waals surface area contributed by atoms with Crippen molar-refractivity contribution < 1.29 is 23.8 Å². The Hall–Kier alpha value is -3.75. The van der Waals surface area contributed by atoms with Crippen LogP contribution in [0.4, 0.5) is 0 Å². The van der Waals surface area contributed by atoms with Gasteiger partial charge in [-0.25, -0.2) is 4.79 Å². The maximum absolute atomic E-state index is 13.2. The molecule has 0 spiro atoms. The van der Waals surface area contributed by atoms with Crippen LogP contribution in [0.3, 0.4) is 0 Å². The van der Waals surface area contributed by atoms with E-state index in [0.29, 0.717) is 47.2 Å². The Morgan fingerprint density at radius 2 is 1.76 bits per heavy atom. The van der Waals surface area contributed by atoms with E-state index >= 15 is 0 Å². The van der Waals surface area contributed by atoms with Crippen LogP contribution in [-0.4, -0.2) is 36.8 Å². The first kappa shape index (κ1) is 23.4. The summed E-state index contributed by atoms with van der Waals surface area (Å²) in [5.41, 5.74) is 1.65. The number of carbonyl (C=O) groups is 2. The lowest BCUT2D eigenvalue weighted by Crippen LogP contribution is -2.20. The Labute approximate surface area is 200 Å². The summed E-state index contributed by atoms with van der Waals surface area (Å²) in [7, 11) is 1.34. The zero-order valence-electron chi connectivity index (χ0n) is 18.9. The molecule has 1 amide bonds. The first-order valence-electron chi connectivity index (χ1n) is 10.8. The van der Waals surface area contributed by atoms with Crippen LogP contribution in [0.2, 0.25) is 0 Å². The van der Waals surface area contributed by atoms with Crippen molar-refractivity contribution in [3.05, 3.63) is 88.7 Å². The normalized spacial score (nSPS) is 11.5. The van der Waals surface area contributed by atoms with Crippen molar-refractivity contribution in [1.29, 1.82) is 0 Å². The van der Waals surface area contributed by atoms with Crippen LogP contribution in [0.25, 0.3) is 10.2 Å². The van der Waals surface area contributed by atoms with Crippen LogP contribution in [0, 0.1) is 0 Å². The van der Waals surface area contributed by atoms with Crippen molar-refractivity contribution in [3.63, 3.8) is 0 Å². The zero-order valence-corrected chi connectivity index (χ0v) is 19.7. The summed E-state index contributed by atoms with van der Waals surface area (Å²) in [5.74, 6) is 0.221. The lowest BCUT2D eigenvalue weighted by molar-refractivity contribution is 0.0600. The second-order valence-corrected chi connectivity index (χ2v) is 8.24. The van der Waals surface area contributed by atoms with Crippen LogP contribution in [0.5, 0.6) is 11.5 Å². The fourth-order valence-corrected chi connectivity index (χ4v) is 4.51. The molecular weight excluding hydrogens is 452 g/mol. The van der Waals surface area contributed by atoms with Gasteiger partial charge in [0.1, 0.15) is 11.5 Å². The third-order valence-corrected chi connectivity index (χ3v) is 6.09. The summed E-state index contributed by atoms with van der Waals surface area (Å²) in [5, 5.41) is 0. The first-order chi connectivity index (χ1) is 16.6. The van der Waals surface area contributed by atoms with Crippen molar-refractivity contribution in [3.8, 4) is 11.5 Å². The number of thiazole rings is 1. The standard InChI is InChI=1S/C26H24N2O5S/c1-3-32-16-15-28-21-14-13-18(25(30)31-2)17-23(21)34-26(28)27-24(29)20-11-7-8-12-22(20)33-19-9-5-4-6-10-19/h4-14,17H,3,15-16H2,1-2H3. The number of para-hydroxylation sites is 2. The van der Waals surface area contributed by atoms with Gasteiger partial charge in [-0.15, -0.1) is 0 Å². The highest BCUT2D eigenvalue weighted by molar-refractivity contribution is 7.16. The molecule has 4 rings (SSSR count). The summed E-state index contributed by atoms with van der Waals surface area (Å²) in [6.07, 6.45) is 0. The Balaban J connectivity index is 1.75. The molecule has 0 atom stereocenters. The van der Waals surface area contributed by atoms with Gasteiger partial charge in [0.15, 0.2) is 4.80 Å². The van der Waals surface area contributed by atoms with Gasteiger partial charge in [-0.2, -0.15) is 4.99 Å². The van der Waals surface area contributed by atoms with E-state index in [9.17, 15) is 9.59 Å². The molecule has 0 aliphatic heterocycles. The molecule has 174 valence electrons.